The van der Waals surface area contributed by atoms with E-state index in [0.29, 0.717) is 0 Å². The van der Waals surface area contributed by atoms with E-state index in [1.165, 1.54) is 0 Å². The number of hydrogen-bond donors (Lipinski definition) is 0. The maximum absolute atomic E-state index is 0. The van der Waals surface area contributed by atoms with Crippen LogP contribution in [0.25, 0.3) is 0 Å². The Morgan fingerprint density at radius 3 is 0.750 bits per heavy atom. The third-order valence-electron chi connectivity index (χ3n) is 0. The topological polar surface area (TPSA) is 57.0 Å². The second-order valence-electron chi connectivity index (χ2n) is 0. The van der Waals surface area contributed by atoms with Crippen LogP contribution >= 0.6 is 0 Å². The molecule has 0 unspecified atom stereocenters. The fraction of sp³-hybridized carbons (Fsp3) is 0. The van der Waals surface area contributed by atoms with Crippen molar-refractivity contribution in [3.63, 3.8) is 0 Å². The molecular formula is DyHfO2. The third kappa shape index (κ3) is 8.96. The van der Waals surface area contributed by atoms with E-state index in [1.54, 1.807) is 0 Å². The Kier molecular flexibility index (Phi) is 179. The Hall–Kier alpha value is 2.06. The monoisotopic (exact) mass is 376 g/mol. The molecule has 2 nitrogen and oxygen atoms in total. The van der Waals surface area contributed by atoms with Crippen molar-refractivity contribution < 1.29 is 75.0 Å². The molecular weight excluding hydrogens is 373 g/mol. The molecule has 0 amide bonds. The van der Waals surface area contributed by atoms with Crippen molar-refractivity contribution in [1.29, 1.82) is 0 Å². The molecule has 0 aromatic heterocycles. The molecule has 0 aliphatic heterocycles. The molecule has 4 heavy (non-hydrogen) atoms. The minimum absolute atomic E-state index is 0. The maximum atomic E-state index is 0. The molecule has 0 fully saturated rings. The van der Waals surface area contributed by atoms with Gasteiger partial charge in [0.2, 0.25) is 0 Å². The predicted octanol–water partition coefficient (Wildman–Crippen LogP) is -0.240. The molecule has 0 heterocycles. The molecule has 0 aromatic rings. The molecule has 4 heteroatoms. The van der Waals surface area contributed by atoms with Crippen LogP contribution in [-0.2, 0) is 36.8 Å². The summed E-state index contributed by atoms with van der Waals surface area (Å²) in [5.74, 6) is 0. The quantitative estimate of drug-likeness (QED) is 0.527. The maximum Gasteiger partial charge on any atom is 4.00 e. The van der Waals surface area contributed by atoms with Crippen LogP contribution < -0.4 is 0 Å². The average molecular weight is 373 g/mol. The summed E-state index contributed by atoms with van der Waals surface area (Å²) in [6.45, 7) is 0. The summed E-state index contributed by atoms with van der Waals surface area (Å²) in [6.07, 6.45) is 0. The van der Waals surface area contributed by atoms with Crippen molar-refractivity contribution in [3.8, 4) is 0 Å². The first-order valence-electron chi connectivity index (χ1n) is 0. The SMILES string of the molecule is [Dy].[Hf+4].[O-2].[O-2]. The standard InChI is InChI=1S/Dy.Hf.2O/q;+4;2*-2. The van der Waals surface area contributed by atoms with Crippen molar-refractivity contribution in [2.75, 3.05) is 0 Å². The Morgan fingerprint density at radius 2 is 0.750 bits per heavy atom. The smallest absolute Gasteiger partial charge is 2.00 e. The summed E-state index contributed by atoms with van der Waals surface area (Å²) < 4.78 is 0. The molecule has 0 radical (unpaired) electrons. The first kappa shape index (κ1) is 36.5. The predicted molar refractivity (Wildman–Crippen MR) is 1.37 cm³/mol. The van der Waals surface area contributed by atoms with Crippen molar-refractivity contribution in [2.24, 2.45) is 0 Å². The summed E-state index contributed by atoms with van der Waals surface area (Å²) >= 11 is 0. The van der Waals surface area contributed by atoms with E-state index in [0.717, 1.165) is 0 Å². The molecule has 0 saturated carbocycles. The van der Waals surface area contributed by atoms with Gasteiger partial charge in [-0.3, -0.25) is 0 Å². The minimum atomic E-state index is 0. The summed E-state index contributed by atoms with van der Waals surface area (Å²) in [5, 5.41) is 0. The molecule has 0 aliphatic rings. The Labute approximate surface area is 73.8 Å². The van der Waals surface area contributed by atoms with Gasteiger partial charge in [0.05, 0.1) is 0 Å². The van der Waals surface area contributed by atoms with Crippen LogP contribution in [0, 0.1) is 38.2 Å². The van der Waals surface area contributed by atoms with Gasteiger partial charge >= 0.3 is 25.8 Å². The molecule has 0 N–H and O–H groups in total. The molecule has 0 saturated heterocycles. The van der Waals surface area contributed by atoms with Gasteiger partial charge < -0.3 is 11.0 Å². The van der Waals surface area contributed by atoms with Gasteiger partial charge in [-0.25, -0.2) is 0 Å². The van der Waals surface area contributed by atoms with Crippen LogP contribution in [0.1, 0.15) is 0 Å². The first-order valence-corrected chi connectivity index (χ1v) is 0. The second kappa shape index (κ2) is 19.6. The molecule has 0 aliphatic carbocycles. The van der Waals surface area contributed by atoms with E-state index in [-0.39, 0.29) is 75.0 Å². The van der Waals surface area contributed by atoms with Crippen LogP contribution in [0.2, 0.25) is 0 Å². The number of hydrogen-bond acceptors (Lipinski definition) is 0. The molecule has 0 spiro atoms. The van der Waals surface area contributed by atoms with E-state index in [4.69, 9.17) is 0 Å². The first-order chi connectivity index (χ1) is 0. The molecule has 0 rings (SSSR count). The third-order valence-corrected chi connectivity index (χ3v) is 0. The Balaban J connectivity index is 0. The van der Waals surface area contributed by atoms with Crippen LogP contribution in [0.5, 0.6) is 0 Å². The van der Waals surface area contributed by atoms with Gasteiger partial charge in [0.25, 0.3) is 0 Å². The zero-order valence-corrected chi connectivity index (χ0v) is 7.25. The van der Waals surface area contributed by atoms with E-state index in [9.17, 15) is 0 Å². The molecule has 0 bridgehead atoms. The van der Waals surface area contributed by atoms with Crippen LogP contribution in [0.3, 0.4) is 0 Å². The molecule has 0 atom stereocenters. The van der Waals surface area contributed by atoms with Crippen LogP contribution in [-0.4, -0.2) is 0 Å². The van der Waals surface area contributed by atoms with Gasteiger partial charge in [0.15, 0.2) is 0 Å². The van der Waals surface area contributed by atoms with Crippen molar-refractivity contribution in [2.45, 2.75) is 0 Å². The van der Waals surface area contributed by atoms with Gasteiger partial charge in [-0.15, -0.1) is 0 Å². The Bertz CT molecular complexity index is 6.00. The fourth-order valence-electron chi connectivity index (χ4n) is 0. The normalized spacial score (nSPS) is 0. The van der Waals surface area contributed by atoms with Crippen molar-refractivity contribution in [1.82, 2.24) is 0 Å². The van der Waals surface area contributed by atoms with Gasteiger partial charge in [-0.2, -0.15) is 0 Å². The summed E-state index contributed by atoms with van der Waals surface area (Å²) in [5.41, 5.74) is 0. The summed E-state index contributed by atoms with van der Waals surface area (Å²) in [7, 11) is 0. The van der Waals surface area contributed by atoms with Gasteiger partial charge in [0, 0.05) is 38.2 Å². The van der Waals surface area contributed by atoms with Crippen molar-refractivity contribution in [3.05, 3.63) is 0 Å². The largest absolute Gasteiger partial charge is 4.00 e. The van der Waals surface area contributed by atoms with Gasteiger partial charge in [-0.05, 0) is 0 Å². The van der Waals surface area contributed by atoms with Crippen LogP contribution in [0.4, 0.5) is 0 Å². The van der Waals surface area contributed by atoms with Crippen molar-refractivity contribution >= 4 is 0 Å². The summed E-state index contributed by atoms with van der Waals surface area (Å²) in [6, 6.07) is 0. The van der Waals surface area contributed by atoms with E-state index >= 15 is 0 Å². The zero-order chi connectivity index (χ0) is 0. The number of rotatable bonds is 0. The van der Waals surface area contributed by atoms with Crippen LogP contribution in [0.15, 0.2) is 0 Å². The van der Waals surface area contributed by atoms with Gasteiger partial charge in [0.1, 0.15) is 0 Å². The zero-order valence-electron chi connectivity index (χ0n) is 1.63. The van der Waals surface area contributed by atoms with E-state index < -0.39 is 0 Å². The summed E-state index contributed by atoms with van der Waals surface area (Å²) in [4.78, 5) is 0. The minimum Gasteiger partial charge on any atom is -2.00 e. The van der Waals surface area contributed by atoms with Gasteiger partial charge in [-0.1, -0.05) is 0 Å². The molecule has 0 aromatic carbocycles. The van der Waals surface area contributed by atoms with E-state index in [2.05, 4.69) is 0 Å². The van der Waals surface area contributed by atoms with E-state index in [1.807, 2.05) is 0 Å². The fourth-order valence-corrected chi connectivity index (χ4v) is 0. The second-order valence-corrected chi connectivity index (χ2v) is 0. The Morgan fingerprint density at radius 1 is 0.750 bits per heavy atom. The average Bonchev–Trinajstić information content (AvgIpc) is 0. The molecule has 26 valence electrons.